The van der Waals surface area contributed by atoms with Gasteiger partial charge >= 0.3 is 0 Å². The lowest BCUT2D eigenvalue weighted by atomic mass is 9.69. The Balaban J connectivity index is 1.76. The van der Waals surface area contributed by atoms with E-state index in [-0.39, 0.29) is 23.5 Å². The molecule has 1 heterocycles. The number of nitrogens with one attached hydrogen (secondary N) is 1. The summed E-state index contributed by atoms with van der Waals surface area (Å²) in [5.41, 5.74) is 0.633. The average molecular weight is 370 g/mol. The Kier molecular flexibility index (Phi) is 5.21. The van der Waals surface area contributed by atoms with Crippen molar-refractivity contribution in [2.24, 2.45) is 5.41 Å². The molecule has 0 radical (unpaired) electrons. The summed E-state index contributed by atoms with van der Waals surface area (Å²) in [6, 6.07) is 7.44. The Morgan fingerprint density at radius 2 is 2.00 bits per heavy atom. The summed E-state index contributed by atoms with van der Waals surface area (Å²) in [7, 11) is -2.99. The van der Waals surface area contributed by atoms with E-state index in [2.05, 4.69) is 5.32 Å². The van der Waals surface area contributed by atoms with Gasteiger partial charge < -0.3 is 5.32 Å². The molecule has 4 nitrogen and oxygen atoms in total. The van der Waals surface area contributed by atoms with Crippen molar-refractivity contribution in [3.8, 4) is 0 Å². The second-order valence-corrected chi connectivity index (χ2v) is 9.89. The first-order chi connectivity index (χ1) is 11.4. The SMILES string of the molecule is O=C(NC1CCS(=O)(=O)C1)C1(Cc2cccc(Cl)c2)CCCCC1. The lowest BCUT2D eigenvalue weighted by Crippen LogP contribution is -2.48. The number of halogens is 1. The summed E-state index contributed by atoms with van der Waals surface area (Å²) >= 11 is 6.09. The maximum atomic E-state index is 13.0. The fourth-order valence-corrected chi connectivity index (χ4v) is 5.88. The smallest absolute Gasteiger partial charge is 0.226 e. The molecule has 1 aromatic rings. The third-order valence-corrected chi connectivity index (χ3v) is 7.29. The van der Waals surface area contributed by atoms with Crippen molar-refractivity contribution >= 4 is 27.3 Å². The second-order valence-electron chi connectivity index (χ2n) is 7.22. The molecule has 0 bridgehead atoms. The van der Waals surface area contributed by atoms with E-state index in [1.807, 2.05) is 24.3 Å². The third-order valence-electron chi connectivity index (χ3n) is 5.29. The van der Waals surface area contributed by atoms with E-state index in [4.69, 9.17) is 11.6 Å². The minimum atomic E-state index is -2.99. The average Bonchev–Trinajstić information content (AvgIpc) is 2.87. The Morgan fingerprint density at radius 3 is 2.62 bits per heavy atom. The van der Waals surface area contributed by atoms with Gasteiger partial charge in [-0.3, -0.25) is 4.79 Å². The normalized spacial score (nSPS) is 25.3. The lowest BCUT2D eigenvalue weighted by molar-refractivity contribution is -0.133. The fraction of sp³-hybridized carbons (Fsp3) is 0.611. The van der Waals surface area contributed by atoms with E-state index in [1.54, 1.807) is 0 Å². The zero-order valence-corrected chi connectivity index (χ0v) is 15.3. The molecule has 1 saturated carbocycles. The van der Waals surface area contributed by atoms with Gasteiger partial charge in [0.05, 0.1) is 16.9 Å². The summed E-state index contributed by atoms with van der Waals surface area (Å²) < 4.78 is 23.3. The van der Waals surface area contributed by atoms with Crippen molar-refractivity contribution < 1.29 is 13.2 Å². The Hall–Kier alpha value is -1.07. The number of sulfone groups is 1. The summed E-state index contributed by atoms with van der Waals surface area (Å²) in [4.78, 5) is 13.0. The minimum Gasteiger partial charge on any atom is -0.352 e. The van der Waals surface area contributed by atoms with Gasteiger partial charge in [0.25, 0.3) is 0 Å². The monoisotopic (exact) mass is 369 g/mol. The highest BCUT2D eigenvalue weighted by Gasteiger charge is 2.41. The highest BCUT2D eigenvalue weighted by Crippen LogP contribution is 2.40. The van der Waals surface area contributed by atoms with Crippen molar-refractivity contribution in [2.75, 3.05) is 11.5 Å². The van der Waals surface area contributed by atoms with E-state index in [0.717, 1.165) is 37.7 Å². The number of amides is 1. The number of hydrogen-bond acceptors (Lipinski definition) is 3. The van der Waals surface area contributed by atoms with Gasteiger partial charge in [-0.1, -0.05) is 43.0 Å². The van der Waals surface area contributed by atoms with Gasteiger partial charge in [0.2, 0.25) is 5.91 Å². The van der Waals surface area contributed by atoms with E-state index < -0.39 is 15.3 Å². The van der Waals surface area contributed by atoms with Crippen molar-refractivity contribution in [1.82, 2.24) is 5.32 Å². The van der Waals surface area contributed by atoms with E-state index >= 15 is 0 Å². The molecule has 24 heavy (non-hydrogen) atoms. The van der Waals surface area contributed by atoms with Crippen LogP contribution in [0.3, 0.4) is 0 Å². The number of carbonyl (C=O) groups excluding carboxylic acids is 1. The van der Waals surface area contributed by atoms with Crippen LogP contribution in [0.15, 0.2) is 24.3 Å². The molecule has 2 aliphatic rings. The first kappa shape index (κ1) is 17.7. The van der Waals surface area contributed by atoms with Crippen LogP contribution in [-0.2, 0) is 21.1 Å². The molecule has 1 amide bonds. The van der Waals surface area contributed by atoms with Crippen molar-refractivity contribution in [1.29, 1.82) is 0 Å². The molecule has 3 rings (SSSR count). The van der Waals surface area contributed by atoms with Crippen molar-refractivity contribution in [2.45, 2.75) is 51.0 Å². The minimum absolute atomic E-state index is 0.0178. The van der Waals surface area contributed by atoms with Crippen LogP contribution < -0.4 is 5.32 Å². The predicted octanol–water partition coefficient (Wildman–Crippen LogP) is 3.14. The van der Waals surface area contributed by atoms with Crippen LogP contribution in [0.4, 0.5) is 0 Å². The maximum Gasteiger partial charge on any atom is 0.226 e. The number of rotatable bonds is 4. The molecule has 6 heteroatoms. The van der Waals surface area contributed by atoms with Gasteiger partial charge in [0.1, 0.15) is 0 Å². The zero-order chi connectivity index (χ0) is 17.2. The number of hydrogen-bond donors (Lipinski definition) is 1. The van der Waals surface area contributed by atoms with Crippen LogP contribution in [0.25, 0.3) is 0 Å². The van der Waals surface area contributed by atoms with Crippen molar-refractivity contribution in [3.05, 3.63) is 34.9 Å². The topological polar surface area (TPSA) is 63.2 Å². The van der Waals surface area contributed by atoms with Crippen LogP contribution in [0, 0.1) is 5.41 Å². The standard InChI is InChI=1S/C18H24ClNO3S/c19-15-6-4-5-14(11-15)12-18(8-2-1-3-9-18)17(21)20-16-7-10-24(22,23)13-16/h4-6,11,16H,1-3,7-10,12-13H2,(H,20,21). The van der Waals surface area contributed by atoms with Gasteiger partial charge in [0, 0.05) is 11.1 Å². The quantitative estimate of drug-likeness (QED) is 0.886. The molecule has 1 atom stereocenters. The van der Waals surface area contributed by atoms with Gasteiger partial charge in [0.15, 0.2) is 9.84 Å². The Bertz CT molecular complexity index is 711. The zero-order valence-electron chi connectivity index (χ0n) is 13.8. The van der Waals surface area contributed by atoms with Crippen LogP contribution in [0.1, 0.15) is 44.1 Å². The van der Waals surface area contributed by atoms with Gasteiger partial charge in [-0.2, -0.15) is 0 Å². The highest BCUT2D eigenvalue weighted by molar-refractivity contribution is 7.91. The molecule has 1 aliphatic heterocycles. The lowest BCUT2D eigenvalue weighted by Gasteiger charge is -2.37. The predicted molar refractivity (Wildman–Crippen MR) is 95.9 cm³/mol. The van der Waals surface area contributed by atoms with E-state index in [0.29, 0.717) is 17.9 Å². The molecule has 132 valence electrons. The Morgan fingerprint density at radius 1 is 1.25 bits per heavy atom. The molecule has 2 fully saturated rings. The summed E-state index contributed by atoms with van der Waals surface area (Å²) in [6.45, 7) is 0. The largest absolute Gasteiger partial charge is 0.352 e. The number of benzene rings is 1. The molecule has 1 aromatic carbocycles. The van der Waals surface area contributed by atoms with E-state index in [1.165, 1.54) is 0 Å². The van der Waals surface area contributed by atoms with Gasteiger partial charge in [-0.15, -0.1) is 0 Å². The third kappa shape index (κ3) is 4.12. The molecule has 0 aromatic heterocycles. The summed E-state index contributed by atoms with van der Waals surface area (Å²) in [6.07, 6.45) is 6.13. The molecule has 1 saturated heterocycles. The first-order valence-corrected chi connectivity index (χ1v) is 10.8. The molecule has 1 N–H and O–H groups in total. The number of carbonyl (C=O) groups is 1. The summed E-state index contributed by atoms with van der Waals surface area (Å²) in [5, 5.41) is 3.71. The summed E-state index contributed by atoms with van der Waals surface area (Å²) in [5.74, 6) is 0.273. The van der Waals surface area contributed by atoms with Crippen LogP contribution in [-0.4, -0.2) is 31.9 Å². The molecule has 1 aliphatic carbocycles. The van der Waals surface area contributed by atoms with Crippen molar-refractivity contribution in [3.63, 3.8) is 0 Å². The van der Waals surface area contributed by atoms with E-state index in [9.17, 15) is 13.2 Å². The molecular formula is C18H24ClNO3S. The second kappa shape index (κ2) is 7.04. The van der Waals surface area contributed by atoms with Gasteiger partial charge in [-0.05, 0) is 43.4 Å². The van der Waals surface area contributed by atoms with Crippen LogP contribution >= 0.6 is 11.6 Å². The molecule has 0 spiro atoms. The fourth-order valence-electron chi connectivity index (χ4n) is 4.00. The molecule has 1 unspecified atom stereocenters. The van der Waals surface area contributed by atoms with Crippen LogP contribution in [0.5, 0.6) is 0 Å². The first-order valence-electron chi connectivity index (χ1n) is 8.64. The highest BCUT2D eigenvalue weighted by atomic mass is 35.5. The van der Waals surface area contributed by atoms with Crippen LogP contribution in [0.2, 0.25) is 5.02 Å². The van der Waals surface area contributed by atoms with Gasteiger partial charge in [-0.25, -0.2) is 8.42 Å². The maximum absolute atomic E-state index is 13.0. The molecular weight excluding hydrogens is 346 g/mol. The Labute approximate surface area is 148 Å².